The van der Waals surface area contributed by atoms with Crippen LogP contribution in [0.3, 0.4) is 0 Å². The number of likely N-dealkylation sites (tertiary alicyclic amines) is 2. The molecule has 3 aliphatic rings. The Morgan fingerprint density at radius 1 is 1.00 bits per heavy atom. The van der Waals surface area contributed by atoms with Gasteiger partial charge in [0, 0.05) is 38.1 Å². The molecule has 2 saturated heterocycles. The van der Waals surface area contributed by atoms with Crippen LogP contribution in [0.2, 0.25) is 0 Å². The van der Waals surface area contributed by atoms with Crippen LogP contribution in [0.1, 0.15) is 65.2 Å². The van der Waals surface area contributed by atoms with Gasteiger partial charge in [-0.15, -0.1) is 0 Å². The Morgan fingerprint density at radius 3 is 2.24 bits per heavy atom. The molecule has 2 aliphatic heterocycles. The average Bonchev–Trinajstić information content (AvgIpc) is 2.54. The molecule has 0 bridgehead atoms. The fourth-order valence-corrected chi connectivity index (χ4v) is 4.98. The first-order valence-corrected chi connectivity index (χ1v) is 10.7. The molecule has 25 heavy (non-hydrogen) atoms. The van der Waals surface area contributed by atoms with Gasteiger partial charge >= 0.3 is 0 Å². The Bertz CT molecular complexity index is 419. The molecule has 4 heteroatoms. The molecule has 3 fully saturated rings. The van der Waals surface area contributed by atoms with E-state index >= 15 is 0 Å². The van der Waals surface area contributed by atoms with Gasteiger partial charge in [-0.3, -0.25) is 9.69 Å². The van der Waals surface area contributed by atoms with Crippen molar-refractivity contribution in [1.29, 1.82) is 0 Å². The SMILES string of the molecule is CC(C)CN(C1CCN(C)CC1)C1CN(C(=O)CC2CCCCC2)C1. The second-order valence-electron chi connectivity index (χ2n) is 9.29. The molecule has 4 nitrogen and oxygen atoms in total. The highest BCUT2D eigenvalue weighted by Crippen LogP contribution is 2.29. The topological polar surface area (TPSA) is 26.8 Å². The van der Waals surface area contributed by atoms with Crippen LogP contribution < -0.4 is 0 Å². The fourth-order valence-electron chi connectivity index (χ4n) is 4.98. The summed E-state index contributed by atoms with van der Waals surface area (Å²) in [6.45, 7) is 10.2. The number of carbonyl (C=O) groups is 1. The molecule has 0 aromatic rings. The number of carbonyl (C=O) groups excluding carboxylic acids is 1. The Hall–Kier alpha value is -0.610. The average molecular weight is 350 g/mol. The predicted molar refractivity (Wildman–Crippen MR) is 104 cm³/mol. The van der Waals surface area contributed by atoms with Crippen LogP contribution in [-0.4, -0.2) is 72.5 Å². The van der Waals surface area contributed by atoms with Gasteiger partial charge in [0.15, 0.2) is 0 Å². The van der Waals surface area contributed by atoms with Crippen molar-refractivity contribution < 1.29 is 4.79 Å². The van der Waals surface area contributed by atoms with E-state index in [9.17, 15) is 4.79 Å². The minimum atomic E-state index is 0.427. The van der Waals surface area contributed by atoms with Crippen LogP contribution in [0.4, 0.5) is 0 Å². The maximum absolute atomic E-state index is 12.6. The zero-order valence-corrected chi connectivity index (χ0v) is 16.8. The summed E-state index contributed by atoms with van der Waals surface area (Å²) in [7, 11) is 2.23. The summed E-state index contributed by atoms with van der Waals surface area (Å²) in [6, 6.07) is 1.32. The maximum Gasteiger partial charge on any atom is 0.222 e. The zero-order valence-electron chi connectivity index (χ0n) is 16.8. The Kier molecular flexibility index (Phi) is 6.79. The third kappa shape index (κ3) is 5.19. The van der Waals surface area contributed by atoms with Gasteiger partial charge in [-0.25, -0.2) is 0 Å². The molecular formula is C21H39N3O. The summed E-state index contributed by atoms with van der Waals surface area (Å²) >= 11 is 0. The van der Waals surface area contributed by atoms with Gasteiger partial charge < -0.3 is 9.80 Å². The molecule has 0 atom stereocenters. The molecule has 2 heterocycles. The van der Waals surface area contributed by atoms with Gasteiger partial charge in [0.1, 0.15) is 0 Å². The van der Waals surface area contributed by atoms with E-state index < -0.39 is 0 Å². The van der Waals surface area contributed by atoms with E-state index in [4.69, 9.17) is 0 Å². The number of hydrogen-bond acceptors (Lipinski definition) is 3. The molecule has 0 aromatic heterocycles. The number of rotatable bonds is 6. The number of amides is 1. The summed E-state index contributed by atoms with van der Waals surface area (Å²) in [6.07, 6.45) is 9.97. The molecule has 1 aliphatic carbocycles. The van der Waals surface area contributed by atoms with Crippen molar-refractivity contribution in [2.75, 3.05) is 39.8 Å². The largest absolute Gasteiger partial charge is 0.339 e. The quantitative estimate of drug-likeness (QED) is 0.737. The third-order valence-corrected chi connectivity index (χ3v) is 6.61. The maximum atomic E-state index is 12.6. The van der Waals surface area contributed by atoms with E-state index in [1.165, 1.54) is 64.6 Å². The molecule has 0 aromatic carbocycles. The van der Waals surface area contributed by atoms with Gasteiger partial charge in [0.05, 0.1) is 0 Å². The van der Waals surface area contributed by atoms with Crippen molar-refractivity contribution in [2.24, 2.45) is 11.8 Å². The Labute approximate surface area is 154 Å². The van der Waals surface area contributed by atoms with Gasteiger partial charge in [0.2, 0.25) is 5.91 Å². The number of hydrogen-bond donors (Lipinski definition) is 0. The smallest absolute Gasteiger partial charge is 0.222 e. The monoisotopic (exact) mass is 349 g/mol. The molecule has 3 rings (SSSR count). The van der Waals surface area contributed by atoms with Crippen molar-refractivity contribution in [2.45, 2.75) is 77.3 Å². The minimum absolute atomic E-state index is 0.427. The van der Waals surface area contributed by atoms with Crippen molar-refractivity contribution in [1.82, 2.24) is 14.7 Å². The standard InChI is InChI=1S/C21H39N3O/c1-17(2)14-24(19-9-11-22(3)12-10-19)20-15-23(16-20)21(25)13-18-7-5-4-6-8-18/h17-20H,4-16H2,1-3H3. The number of piperidine rings is 1. The minimum Gasteiger partial charge on any atom is -0.339 e. The van der Waals surface area contributed by atoms with Crippen LogP contribution in [0, 0.1) is 11.8 Å². The number of nitrogens with zero attached hydrogens (tertiary/aromatic N) is 3. The highest BCUT2D eigenvalue weighted by Gasteiger charge is 2.38. The lowest BCUT2D eigenvalue weighted by Crippen LogP contribution is -2.64. The van der Waals surface area contributed by atoms with E-state index in [1.807, 2.05) is 0 Å². The van der Waals surface area contributed by atoms with Crippen molar-refractivity contribution >= 4 is 5.91 Å². The second-order valence-corrected chi connectivity index (χ2v) is 9.29. The molecule has 1 saturated carbocycles. The second kappa shape index (κ2) is 8.85. The Morgan fingerprint density at radius 2 is 1.64 bits per heavy atom. The summed E-state index contributed by atoms with van der Waals surface area (Å²) in [5.41, 5.74) is 0. The fraction of sp³-hybridized carbons (Fsp3) is 0.952. The molecule has 0 unspecified atom stereocenters. The summed E-state index contributed by atoms with van der Waals surface area (Å²) in [5, 5.41) is 0. The molecular weight excluding hydrogens is 310 g/mol. The predicted octanol–water partition coefficient (Wildman–Crippen LogP) is 3.22. The lowest BCUT2D eigenvalue weighted by atomic mass is 9.86. The molecule has 144 valence electrons. The van der Waals surface area contributed by atoms with Crippen LogP contribution >= 0.6 is 0 Å². The van der Waals surface area contributed by atoms with E-state index in [-0.39, 0.29) is 0 Å². The van der Waals surface area contributed by atoms with Crippen LogP contribution in [0.5, 0.6) is 0 Å². The lowest BCUT2D eigenvalue weighted by molar-refractivity contribution is -0.141. The first-order chi connectivity index (χ1) is 12.0. The Balaban J connectivity index is 1.48. The van der Waals surface area contributed by atoms with Crippen molar-refractivity contribution in [3.05, 3.63) is 0 Å². The van der Waals surface area contributed by atoms with E-state index in [1.54, 1.807) is 0 Å². The van der Waals surface area contributed by atoms with Gasteiger partial charge in [-0.1, -0.05) is 33.1 Å². The summed E-state index contributed by atoms with van der Waals surface area (Å²) in [4.78, 5) is 19.9. The van der Waals surface area contributed by atoms with E-state index in [0.29, 0.717) is 23.8 Å². The van der Waals surface area contributed by atoms with Crippen LogP contribution in [-0.2, 0) is 4.79 Å². The van der Waals surface area contributed by atoms with Crippen LogP contribution in [0.25, 0.3) is 0 Å². The van der Waals surface area contributed by atoms with E-state index in [2.05, 4.69) is 35.6 Å². The molecule has 1 amide bonds. The van der Waals surface area contributed by atoms with Gasteiger partial charge in [-0.05, 0) is 57.7 Å². The first kappa shape index (κ1) is 19.2. The van der Waals surface area contributed by atoms with Crippen LogP contribution in [0.15, 0.2) is 0 Å². The lowest BCUT2D eigenvalue weighted by Gasteiger charge is -2.50. The third-order valence-electron chi connectivity index (χ3n) is 6.61. The highest BCUT2D eigenvalue weighted by molar-refractivity contribution is 5.77. The molecule has 0 radical (unpaired) electrons. The van der Waals surface area contributed by atoms with Gasteiger partial charge in [0.25, 0.3) is 0 Å². The van der Waals surface area contributed by atoms with Crippen molar-refractivity contribution in [3.63, 3.8) is 0 Å². The normalized spacial score (nSPS) is 24.9. The van der Waals surface area contributed by atoms with Crippen molar-refractivity contribution in [3.8, 4) is 0 Å². The first-order valence-electron chi connectivity index (χ1n) is 10.7. The van der Waals surface area contributed by atoms with E-state index in [0.717, 1.165) is 25.6 Å². The summed E-state index contributed by atoms with van der Waals surface area (Å²) < 4.78 is 0. The highest BCUT2D eigenvalue weighted by atomic mass is 16.2. The zero-order chi connectivity index (χ0) is 17.8. The molecule has 0 spiro atoms. The molecule has 0 N–H and O–H groups in total. The summed E-state index contributed by atoms with van der Waals surface area (Å²) in [5.74, 6) is 1.80. The van der Waals surface area contributed by atoms with Gasteiger partial charge in [-0.2, -0.15) is 0 Å².